The molecule has 22 heavy (non-hydrogen) atoms. The maximum absolute atomic E-state index is 12.0. The molecular weight excluding hydrogens is 276 g/mol. The van der Waals surface area contributed by atoms with Gasteiger partial charge < -0.3 is 5.32 Å². The minimum Gasteiger partial charge on any atom is -0.352 e. The molecule has 0 aliphatic heterocycles. The van der Waals surface area contributed by atoms with E-state index in [1.165, 1.54) is 0 Å². The maximum Gasteiger partial charge on any atom is 0.220 e. The third-order valence-electron chi connectivity index (χ3n) is 3.98. The zero-order valence-electron chi connectivity index (χ0n) is 13.5. The van der Waals surface area contributed by atoms with E-state index in [4.69, 9.17) is 0 Å². The molecule has 118 valence electrons. The predicted octanol–water partition coefficient (Wildman–Crippen LogP) is 2.96. The minimum absolute atomic E-state index is 0.110. The van der Waals surface area contributed by atoms with Crippen molar-refractivity contribution >= 4 is 5.91 Å². The highest BCUT2D eigenvalue weighted by Gasteiger charge is 2.15. The number of amides is 1. The Balaban J connectivity index is 1.85. The molecule has 0 saturated heterocycles. The van der Waals surface area contributed by atoms with Gasteiger partial charge in [0, 0.05) is 31.6 Å². The van der Waals surface area contributed by atoms with Crippen molar-refractivity contribution in [2.45, 2.75) is 40.2 Å². The molecular formula is C17H24N4O. The van der Waals surface area contributed by atoms with Gasteiger partial charge in [0.1, 0.15) is 12.1 Å². The van der Waals surface area contributed by atoms with E-state index < -0.39 is 0 Å². The Kier molecular flexibility index (Phi) is 5.69. The van der Waals surface area contributed by atoms with Crippen LogP contribution in [0, 0.1) is 11.8 Å². The first-order valence-electron chi connectivity index (χ1n) is 7.80. The van der Waals surface area contributed by atoms with Crippen LogP contribution in [0.5, 0.6) is 0 Å². The number of carbonyl (C=O) groups excluding carboxylic acids is 1. The van der Waals surface area contributed by atoms with Gasteiger partial charge in [0.2, 0.25) is 5.91 Å². The van der Waals surface area contributed by atoms with Crippen LogP contribution in [-0.2, 0) is 11.3 Å². The predicted molar refractivity (Wildman–Crippen MR) is 86.4 cm³/mol. The van der Waals surface area contributed by atoms with Crippen molar-refractivity contribution in [1.29, 1.82) is 0 Å². The van der Waals surface area contributed by atoms with Crippen LogP contribution >= 0.6 is 0 Å². The van der Waals surface area contributed by atoms with Crippen LogP contribution in [0.3, 0.4) is 0 Å². The van der Waals surface area contributed by atoms with E-state index in [1.54, 1.807) is 18.7 Å². The summed E-state index contributed by atoms with van der Waals surface area (Å²) < 4.78 is 1.84. The first kappa shape index (κ1) is 16.2. The number of carbonyl (C=O) groups is 1. The molecule has 0 radical (unpaired) electrons. The van der Waals surface area contributed by atoms with Crippen LogP contribution in [0.1, 0.15) is 39.2 Å². The molecule has 2 aromatic rings. The Hall–Kier alpha value is -2.17. The average molecular weight is 300 g/mol. The molecule has 1 amide bonds. The number of rotatable bonds is 7. The van der Waals surface area contributed by atoms with Gasteiger partial charge in [0.25, 0.3) is 0 Å². The summed E-state index contributed by atoms with van der Waals surface area (Å²) in [4.78, 5) is 20.4. The molecule has 0 aromatic carbocycles. The van der Waals surface area contributed by atoms with Gasteiger partial charge in [-0.25, -0.2) is 9.97 Å². The standard InChI is InChI=1S/C17H24N4O/c1-4-15(13(2)3)9-17(22)20-11-14-5-6-16(19-10-14)21-8-7-18-12-21/h5-8,10,12-13,15H,4,9,11H2,1-3H3,(H,20,22). The van der Waals surface area contributed by atoms with Crippen LogP contribution in [0.15, 0.2) is 37.1 Å². The Morgan fingerprint density at radius 3 is 2.73 bits per heavy atom. The zero-order valence-corrected chi connectivity index (χ0v) is 13.5. The fourth-order valence-electron chi connectivity index (χ4n) is 2.43. The third-order valence-corrected chi connectivity index (χ3v) is 3.98. The highest BCUT2D eigenvalue weighted by Crippen LogP contribution is 2.18. The van der Waals surface area contributed by atoms with Gasteiger partial charge in [0.05, 0.1) is 0 Å². The van der Waals surface area contributed by atoms with Crippen LogP contribution in [-0.4, -0.2) is 20.4 Å². The molecule has 0 fully saturated rings. The molecule has 1 atom stereocenters. The quantitative estimate of drug-likeness (QED) is 0.855. The van der Waals surface area contributed by atoms with Gasteiger partial charge >= 0.3 is 0 Å². The smallest absolute Gasteiger partial charge is 0.220 e. The summed E-state index contributed by atoms with van der Waals surface area (Å²) in [6, 6.07) is 3.90. The number of imidazole rings is 1. The van der Waals surface area contributed by atoms with Gasteiger partial charge in [-0.15, -0.1) is 0 Å². The Bertz CT molecular complexity index is 575. The van der Waals surface area contributed by atoms with Gasteiger partial charge in [-0.1, -0.05) is 33.3 Å². The summed E-state index contributed by atoms with van der Waals surface area (Å²) in [5.74, 6) is 1.91. The van der Waals surface area contributed by atoms with Gasteiger partial charge in [0.15, 0.2) is 0 Å². The topological polar surface area (TPSA) is 59.8 Å². The van der Waals surface area contributed by atoms with Crippen molar-refractivity contribution in [1.82, 2.24) is 19.9 Å². The van der Waals surface area contributed by atoms with E-state index in [0.29, 0.717) is 24.8 Å². The fraction of sp³-hybridized carbons (Fsp3) is 0.471. The van der Waals surface area contributed by atoms with E-state index in [-0.39, 0.29) is 5.91 Å². The second kappa shape index (κ2) is 7.73. The van der Waals surface area contributed by atoms with E-state index in [1.807, 2.05) is 22.9 Å². The number of hydrogen-bond acceptors (Lipinski definition) is 3. The lowest BCUT2D eigenvalue weighted by atomic mass is 9.90. The highest BCUT2D eigenvalue weighted by atomic mass is 16.1. The molecule has 2 heterocycles. The Morgan fingerprint density at radius 1 is 1.36 bits per heavy atom. The minimum atomic E-state index is 0.110. The van der Waals surface area contributed by atoms with E-state index in [9.17, 15) is 4.79 Å². The fourth-order valence-corrected chi connectivity index (χ4v) is 2.43. The van der Waals surface area contributed by atoms with E-state index >= 15 is 0 Å². The molecule has 2 aromatic heterocycles. The lowest BCUT2D eigenvalue weighted by Gasteiger charge is -2.18. The second-order valence-electron chi connectivity index (χ2n) is 5.89. The molecule has 1 N–H and O–H groups in total. The van der Waals surface area contributed by atoms with Crippen molar-refractivity contribution in [3.8, 4) is 5.82 Å². The monoisotopic (exact) mass is 300 g/mol. The van der Waals surface area contributed by atoms with Crippen molar-refractivity contribution in [3.63, 3.8) is 0 Å². The Morgan fingerprint density at radius 2 is 2.18 bits per heavy atom. The molecule has 0 aliphatic carbocycles. The first-order valence-corrected chi connectivity index (χ1v) is 7.80. The van der Waals surface area contributed by atoms with Gasteiger partial charge in [-0.3, -0.25) is 9.36 Å². The lowest BCUT2D eigenvalue weighted by molar-refractivity contribution is -0.122. The van der Waals surface area contributed by atoms with Crippen LogP contribution in [0.25, 0.3) is 5.82 Å². The Labute approximate surface area is 131 Å². The number of aromatic nitrogens is 3. The van der Waals surface area contributed by atoms with Crippen molar-refractivity contribution in [2.75, 3.05) is 0 Å². The molecule has 1 unspecified atom stereocenters. The molecule has 5 heteroatoms. The van der Waals surface area contributed by atoms with E-state index in [0.717, 1.165) is 17.8 Å². The maximum atomic E-state index is 12.0. The van der Waals surface area contributed by atoms with Crippen molar-refractivity contribution in [2.24, 2.45) is 11.8 Å². The molecule has 5 nitrogen and oxygen atoms in total. The van der Waals surface area contributed by atoms with Gasteiger partial charge in [-0.2, -0.15) is 0 Å². The molecule has 0 aliphatic rings. The summed E-state index contributed by atoms with van der Waals surface area (Å²) in [6.07, 6.45) is 8.69. The zero-order chi connectivity index (χ0) is 15.9. The molecule has 2 rings (SSSR count). The summed E-state index contributed by atoms with van der Waals surface area (Å²) in [5.41, 5.74) is 0.995. The summed E-state index contributed by atoms with van der Waals surface area (Å²) in [5, 5.41) is 2.97. The highest BCUT2D eigenvalue weighted by molar-refractivity contribution is 5.76. The lowest BCUT2D eigenvalue weighted by Crippen LogP contribution is -2.26. The van der Waals surface area contributed by atoms with Crippen LogP contribution in [0.2, 0.25) is 0 Å². The molecule has 0 spiro atoms. The summed E-state index contributed by atoms with van der Waals surface area (Å²) in [6.45, 7) is 6.99. The summed E-state index contributed by atoms with van der Waals surface area (Å²) >= 11 is 0. The number of nitrogens with one attached hydrogen (secondary N) is 1. The number of pyridine rings is 1. The van der Waals surface area contributed by atoms with E-state index in [2.05, 4.69) is 36.1 Å². The van der Waals surface area contributed by atoms with Gasteiger partial charge in [-0.05, 0) is 23.5 Å². The van der Waals surface area contributed by atoms with Crippen molar-refractivity contribution in [3.05, 3.63) is 42.6 Å². The molecule has 0 bridgehead atoms. The van der Waals surface area contributed by atoms with Crippen LogP contribution in [0.4, 0.5) is 0 Å². The van der Waals surface area contributed by atoms with Crippen molar-refractivity contribution < 1.29 is 4.79 Å². The van der Waals surface area contributed by atoms with Crippen LogP contribution < -0.4 is 5.32 Å². The number of nitrogens with zero attached hydrogens (tertiary/aromatic N) is 3. The largest absolute Gasteiger partial charge is 0.352 e. The average Bonchev–Trinajstić information content (AvgIpc) is 3.05. The molecule has 0 saturated carbocycles. The second-order valence-corrected chi connectivity index (χ2v) is 5.89. The number of hydrogen-bond donors (Lipinski definition) is 1. The SMILES string of the molecule is CCC(CC(=O)NCc1ccc(-n2ccnc2)nc1)C(C)C. The normalized spacial score (nSPS) is 12.4. The summed E-state index contributed by atoms with van der Waals surface area (Å²) in [7, 11) is 0. The first-order chi connectivity index (χ1) is 10.6. The third kappa shape index (κ3) is 4.41.